The second-order valence-corrected chi connectivity index (χ2v) is 8.46. The number of carbonyl (C=O) groups is 1. The van der Waals surface area contributed by atoms with Gasteiger partial charge in [0.15, 0.2) is 11.6 Å². The van der Waals surface area contributed by atoms with E-state index in [1.54, 1.807) is 20.0 Å². The number of piperidine rings is 1. The first kappa shape index (κ1) is 21.2. The highest BCUT2D eigenvalue weighted by Gasteiger charge is 2.30. The number of nitrogens with zero attached hydrogens (tertiary/aromatic N) is 3. The Kier molecular flexibility index (Phi) is 5.62. The van der Waals surface area contributed by atoms with Crippen LogP contribution in [0.5, 0.6) is 0 Å². The average Bonchev–Trinajstić information content (AvgIpc) is 3.16. The fourth-order valence-electron chi connectivity index (χ4n) is 3.49. The van der Waals surface area contributed by atoms with Gasteiger partial charge in [-0.05, 0) is 38.8 Å². The third-order valence-electron chi connectivity index (χ3n) is 5.57. The second kappa shape index (κ2) is 8.22. The van der Waals surface area contributed by atoms with Crippen molar-refractivity contribution >= 4 is 22.8 Å². The van der Waals surface area contributed by atoms with E-state index in [0.29, 0.717) is 16.9 Å². The maximum absolute atomic E-state index is 13.4. The molecule has 0 amide bonds. The number of carboxylic acid groups (broad SMARTS) is 1. The minimum absolute atomic E-state index is 0.0329. The van der Waals surface area contributed by atoms with Gasteiger partial charge in [-0.3, -0.25) is 4.79 Å². The maximum Gasteiger partial charge on any atom is 0.311 e. The molecule has 0 unspecified atom stereocenters. The normalized spacial score (nSPS) is 15.5. The predicted molar refractivity (Wildman–Crippen MR) is 112 cm³/mol. The molecule has 164 valence electrons. The number of fused-ring (bicyclic) bond motifs is 1. The zero-order valence-electron chi connectivity index (χ0n) is 17.4. The molecule has 2 N–H and O–H groups in total. The van der Waals surface area contributed by atoms with Crippen LogP contribution in [0.3, 0.4) is 0 Å². The molecule has 0 bridgehead atoms. The van der Waals surface area contributed by atoms with Crippen LogP contribution in [0.1, 0.15) is 26.7 Å². The Morgan fingerprint density at radius 2 is 1.97 bits per heavy atom. The van der Waals surface area contributed by atoms with Crippen LogP contribution in [0.4, 0.5) is 14.6 Å². The Bertz CT molecular complexity index is 1050. The number of benzene rings is 1. The Balaban J connectivity index is 1.38. The summed E-state index contributed by atoms with van der Waals surface area (Å²) >= 11 is 0. The number of nitrogens with one attached hydrogen (secondary N) is 1. The molecule has 1 saturated heterocycles. The van der Waals surface area contributed by atoms with E-state index < -0.39 is 23.0 Å². The summed E-state index contributed by atoms with van der Waals surface area (Å²) in [5, 5.41) is 9.20. The smallest absolute Gasteiger partial charge is 0.311 e. The zero-order valence-corrected chi connectivity index (χ0v) is 17.4. The largest absolute Gasteiger partial charge is 0.481 e. The Morgan fingerprint density at radius 1 is 1.26 bits per heavy atom. The number of hydrogen-bond acceptors (Lipinski definition) is 5. The number of anilines is 1. The van der Waals surface area contributed by atoms with Gasteiger partial charge in [-0.15, -0.1) is 0 Å². The quantitative estimate of drug-likeness (QED) is 0.614. The van der Waals surface area contributed by atoms with Gasteiger partial charge in [-0.1, -0.05) is 0 Å². The van der Waals surface area contributed by atoms with Crippen LogP contribution in [-0.2, 0) is 9.53 Å². The van der Waals surface area contributed by atoms with Crippen LogP contribution in [-0.4, -0.2) is 51.8 Å². The summed E-state index contributed by atoms with van der Waals surface area (Å²) in [6.07, 6.45) is 3.29. The average molecular weight is 430 g/mol. The first-order valence-electron chi connectivity index (χ1n) is 10.1. The van der Waals surface area contributed by atoms with Gasteiger partial charge in [0.1, 0.15) is 11.6 Å². The lowest BCUT2D eigenvalue weighted by atomic mass is 9.95. The van der Waals surface area contributed by atoms with E-state index in [0.717, 1.165) is 49.4 Å². The van der Waals surface area contributed by atoms with Gasteiger partial charge < -0.3 is 19.7 Å². The summed E-state index contributed by atoms with van der Waals surface area (Å²) in [6.45, 7) is 5.02. The van der Waals surface area contributed by atoms with Crippen molar-refractivity contribution in [1.82, 2.24) is 15.0 Å². The molecular formula is C22H24F2N4O3. The number of aliphatic carboxylic acids is 1. The fraction of sp³-hybridized carbons (Fsp3) is 0.409. The zero-order chi connectivity index (χ0) is 22.2. The molecule has 4 rings (SSSR count). The summed E-state index contributed by atoms with van der Waals surface area (Å²) in [5.74, 6) is -1.41. The van der Waals surface area contributed by atoms with Crippen molar-refractivity contribution in [1.29, 1.82) is 0 Å². The number of hydrogen-bond donors (Lipinski definition) is 2. The number of pyridine rings is 1. The monoisotopic (exact) mass is 430 g/mol. The Labute approximate surface area is 178 Å². The van der Waals surface area contributed by atoms with Crippen LogP contribution in [0, 0.1) is 17.0 Å². The number of H-pyrrole nitrogens is 1. The van der Waals surface area contributed by atoms with Crippen LogP contribution in [0.15, 0.2) is 30.5 Å². The number of halogens is 2. The van der Waals surface area contributed by atoms with Crippen LogP contribution in [0.2, 0.25) is 0 Å². The van der Waals surface area contributed by atoms with Crippen LogP contribution < -0.4 is 4.90 Å². The molecule has 3 heterocycles. The lowest BCUT2D eigenvalue weighted by Crippen LogP contribution is -2.39. The maximum atomic E-state index is 13.4. The molecule has 3 aromatic rings. The third kappa shape index (κ3) is 4.51. The highest BCUT2D eigenvalue weighted by Crippen LogP contribution is 2.26. The van der Waals surface area contributed by atoms with Crippen molar-refractivity contribution in [2.45, 2.75) is 32.8 Å². The molecule has 9 heteroatoms. The summed E-state index contributed by atoms with van der Waals surface area (Å²) in [6, 6.07) is 5.91. The Morgan fingerprint density at radius 3 is 2.61 bits per heavy atom. The summed E-state index contributed by atoms with van der Waals surface area (Å²) in [7, 11) is 0. The number of carboxylic acids is 1. The van der Waals surface area contributed by atoms with E-state index in [1.165, 1.54) is 0 Å². The number of aromatic amines is 1. The van der Waals surface area contributed by atoms with E-state index in [4.69, 9.17) is 4.74 Å². The minimum Gasteiger partial charge on any atom is -0.481 e. The van der Waals surface area contributed by atoms with Gasteiger partial charge in [0.2, 0.25) is 0 Å². The van der Waals surface area contributed by atoms with Crippen molar-refractivity contribution in [3.05, 3.63) is 42.1 Å². The molecule has 0 atom stereocenters. The molecule has 7 nitrogen and oxygen atoms in total. The Hall–Kier alpha value is -3.07. The number of imidazole rings is 1. The number of aromatic nitrogens is 3. The highest BCUT2D eigenvalue weighted by molar-refractivity contribution is 5.79. The van der Waals surface area contributed by atoms with Crippen LogP contribution >= 0.6 is 0 Å². The van der Waals surface area contributed by atoms with Gasteiger partial charge in [0.25, 0.3) is 0 Å². The molecule has 31 heavy (non-hydrogen) atoms. The van der Waals surface area contributed by atoms with Crippen molar-refractivity contribution in [2.24, 2.45) is 5.41 Å². The van der Waals surface area contributed by atoms with E-state index >= 15 is 0 Å². The van der Waals surface area contributed by atoms with Gasteiger partial charge in [-0.2, -0.15) is 0 Å². The molecule has 0 radical (unpaired) electrons. The molecule has 0 saturated carbocycles. The van der Waals surface area contributed by atoms with E-state index in [-0.39, 0.29) is 12.7 Å². The molecule has 0 aliphatic carbocycles. The van der Waals surface area contributed by atoms with Crippen molar-refractivity contribution in [3.63, 3.8) is 0 Å². The van der Waals surface area contributed by atoms with Gasteiger partial charge in [0.05, 0.1) is 29.2 Å². The SMILES string of the molecule is CC(C)(COC1CCN(c2ccc(-c3nc4cc(F)c(F)cc4[nH]3)cn2)CC1)C(=O)O. The van der Waals surface area contributed by atoms with Gasteiger partial charge in [0, 0.05) is 37.0 Å². The second-order valence-electron chi connectivity index (χ2n) is 8.46. The molecule has 1 aliphatic heterocycles. The number of rotatable bonds is 6. The van der Waals surface area contributed by atoms with Crippen molar-refractivity contribution in [3.8, 4) is 11.4 Å². The molecule has 2 aromatic heterocycles. The third-order valence-corrected chi connectivity index (χ3v) is 5.57. The van der Waals surface area contributed by atoms with E-state index in [1.807, 2.05) is 12.1 Å². The van der Waals surface area contributed by atoms with Crippen LogP contribution in [0.25, 0.3) is 22.4 Å². The predicted octanol–water partition coefficient (Wildman–Crippen LogP) is 4.00. The van der Waals surface area contributed by atoms with Gasteiger partial charge in [-0.25, -0.2) is 18.7 Å². The van der Waals surface area contributed by atoms with Crippen molar-refractivity contribution in [2.75, 3.05) is 24.6 Å². The highest BCUT2D eigenvalue weighted by atomic mass is 19.2. The first-order chi connectivity index (χ1) is 14.7. The van der Waals surface area contributed by atoms with E-state index in [9.17, 15) is 18.7 Å². The van der Waals surface area contributed by atoms with E-state index in [2.05, 4.69) is 19.9 Å². The lowest BCUT2D eigenvalue weighted by Gasteiger charge is -2.34. The molecule has 1 aliphatic rings. The fourth-order valence-corrected chi connectivity index (χ4v) is 3.49. The molecule has 1 fully saturated rings. The van der Waals surface area contributed by atoms with Crippen molar-refractivity contribution < 1.29 is 23.4 Å². The summed E-state index contributed by atoms with van der Waals surface area (Å²) in [5.41, 5.74) is 0.593. The lowest BCUT2D eigenvalue weighted by molar-refractivity contribution is -0.152. The first-order valence-corrected chi connectivity index (χ1v) is 10.1. The summed E-state index contributed by atoms with van der Waals surface area (Å²) in [4.78, 5) is 25.2. The molecule has 0 spiro atoms. The topological polar surface area (TPSA) is 91.3 Å². The number of ether oxygens (including phenoxy) is 1. The standard InChI is InChI=1S/C22H24F2N4O3/c1-22(2,21(29)30)12-31-14-5-7-28(8-6-14)19-4-3-13(11-25-19)20-26-17-9-15(23)16(24)10-18(17)27-20/h3-4,9-11,14H,5-8,12H2,1-2H3,(H,26,27)(H,29,30). The molecular weight excluding hydrogens is 406 g/mol. The minimum atomic E-state index is -0.932. The summed E-state index contributed by atoms with van der Waals surface area (Å²) < 4.78 is 32.6. The van der Waals surface area contributed by atoms with Gasteiger partial charge >= 0.3 is 5.97 Å². The molecule has 1 aromatic carbocycles.